The van der Waals surface area contributed by atoms with Gasteiger partial charge in [-0.25, -0.2) is 0 Å². The Hall–Kier alpha value is -2.41. The molecule has 2 N–H and O–H groups in total. The summed E-state index contributed by atoms with van der Waals surface area (Å²) in [6.45, 7) is 4.22. The van der Waals surface area contributed by atoms with Crippen LogP contribution in [-0.4, -0.2) is 22.4 Å². The molecule has 0 aromatic carbocycles. The Labute approximate surface area is 169 Å². The summed E-state index contributed by atoms with van der Waals surface area (Å²) in [5.41, 5.74) is 0.535. The van der Waals surface area contributed by atoms with Gasteiger partial charge in [0.2, 0.25) is 5.43 Å². The zero-order valence-corrected chi connectivity index (χ0v) is 17.2. The van der Waals surface area contributed by atoms with Crippen LogP contribution < -0.4 is 16.1 Å². The Balaban J connectivity index is 1.91. The summed E-state index contributed by atoms with van der Waals surface area (Å²) in [6.07, 6.45) is 8.21. The van der Waals surface area contributed by atoms with Crippen molar-refractivity contribution < 1.29 is 9.59 Å². The molecule has 0 bridgehead atoms. The Morgan fingerprint density at radius 2 is 1.89 bits per heavy atom. The second kappa shape index (κ2) is 9.19. The van der Waals surface area contributed by atoms with E-state index in [0.29, 0.717) is 6.54 Å². The summed E-state index contributed by atoms with van der Waals surface area (Å²) in [5.74, 6) is -0.861. The van der Waals surface area contributed by atoms with E-state index in [2.05, 4.69) is 10.6 Å². The van der Waals surface area contributed by atoms with Crippen LogP contribution in [0.3, 0.4) is 0 Å². The topological polar surface area (TPSA) is 80.2 Å². The highest BCUT2D eigenvalue weighted by Gasteiger charge is 2.23. The molecule has 1 atom stereocenters. The van der Waals surface area contributed by atoms with Crippen LogP contribution in [0.5, 0.6) is 0 Å². The highest BCUT2D eigenvalue weighted by Crippen LogP contribution is 2.29. The van der Waals surface area contributed by atoms with Crippen molar-refractivity contribution in [3.8, 4) is 0 Å². The highest BCUT2D eigenvalue weighted by molar-refractivity contribution is 7.07. The number of hydrogen-bond acceptors (Lipinski definition) is 4. The Kier molecular flexibility index (Phi) is 6.67. The van der Waals surface area contributed by atoms with Crippen molar-refractivity contribution >= 4 is 23.2 Å². The summed E-state index contributed by atoms with van der Waals surface area (Å²) in [7, 11) is 0. The van der Waals surface area contributed by atoms with Crippen molar-refractivity contribution in [3.05, 3.63) is 56.1 Å². The third-order valence-electron chi connectivity index (χ3n) is 5.30. The van der Waals surface area contributed by atoms with Crippen molar-refractivity contribution in [2.24, 2.45) is 0 Å². The van der Waals surface area contributed by atoms with Crippen molar-refractivity contribution in [1.82, 2.24) is 15.2 Å². The van der Waals surface area contributed by atoms with Gasteiger partial charge in [0.15, 0.2) is 0 Å². The molecule has 2 heterocycles. The first-order valence-electron chi connectivity index (χ1n) is 9.85. The lowest BCUT2D eigenvalue weighted by molar-refractivity contribution is 0.0937. The largest absolute Gasteiger partial charge is 0.349 e. The minimum Gasteiger partial charge on any atom is -0.349 e. The fraction of sp³-hybridized carbons (Fsp3) is 0.476. The van der Waals surface area contributed by atoms with Crippen molar-refractivity contribution in [3.63, 3.8) is 0 Å². The third kappa shape index (κ3) is 4.70. The number of nitrogens with one attached hydrogen (secondary N) is 2. The van der Waals surface area contributed by atoms with Gasteiger partial charge >= 0.3 is 0 Å². The van der Waals surface area contributed by atoms with E-state index in [1.54, 1.807) is 23.7 Å². The van der Waals surface area contributed by atoms with Gasteiger partial charge in [0.05, 0.1) is 0 Å². The molecule has 28 heavy (non-hydrogen) atoms. The van der Waals surface area contributed by atoms with Crippen LogP contribution in [0.2, 0.25) is 0 Å². The average molecular weight is 402 g/mol. The molecule has 0 radical (unpaired) electrons. The molecular formula is C21H27N3O3S. The van der Waals surface area contributed by atoms with E-state index in [0.717, 1.165) is 37.7 Å². The number of hydrogen-bond donors (Lipinski definition) is 2. The molecule has 2 aromatic heterocycles. The second-order valence-electron chi connectivity index (χ2n) is 7.40. The number of thiophene rings is 1. The zero-order valence-electron chi connectivity index (χ0n) is 16.4. The lowest BCUT2D eigenvalue weighted by atomic mass is 10.1. The Morgan fingerprint density at radius 1 is 1.21 bits per heavy atom. The average Bonchev–Trinajstić information content (AvgIpc) is 3.40. The molecule has 2 aromatic rings. The zero-order chi connectivity index (χ0) is 20.1. The van der Waals surface area contributed by atoms with Gasteiger partial charge in [-0.1, -0.05) is 19.8 Å². The second-order valence-corrected chi connectivity index (χ2v) is 8.18. The van der Waals surface area contributed by atoms with Gasteiger partial charge in [-0.05, 0) is 48.6 Å². The van der Waals surface area contributed by atoms with Crippen LogP contribution in [0.1, 0.15) is 78.3 Å². The summed E-state index contributed by atoms with van der Waals surface area (Å²) in [5, 5.41) is 9.53. The number of amides is 2. The maximum Gasteiger partial charge on any atom is 0.257 e. The maximum absolute atomic E-state index is 12.9. The Bertz CT molecular complexity index is 883. The van der Waals surface area contributed by atoms with Gasteiger partial charge in [-0.2, -0.15) is 11.3 Å². The quantitative estimate of drug-likeness (QED) is 0.745. The van der Waals surface area contributed by atoms with E-state index in [4.69, 9.17) is 0 Å². The SMILES string of the molecule is CCC(C)NC(=O)c1cn(C2CCCC2)cc(C(=O)NCc2ccsc2)c1=O. The van der Waals surface area contributed by atoms with Gasteiger partial charge in [-0.3, -0.25) is 14.4 Å². The molecule has 1 fully saturated rings. The lowest BCUT2D eigenvalue weighted by Gasteiger charge is -2.18. The number of rotatable bonds is 7. The molecule has 1 aliphatic carbocycles. The number of aromatic nitrogens is 1. The van der Waals surface area contributed by atoms with Crippen molar-refractivity contribution in [1.29, 1.82) is 0 Å². The fourth-order valence-corrected chi connectivity index (χ4v) is 4.08. The molecule has 2 amide bonds. The van der Waals surface area contributed by atoms with E-state index < -0.39 is 17.2 Å². The van der Waals surface area contributed by atoms with Gasteiger partial charge in [0.25, 0.3) is 11.8 Å². The first-order chi connectivity index (χ1) is 13.5. The predicted molar refractivity (Wildman–Crippen MR) is 111 cm³/mol. The molecule has 0 aliphatic heterocycles. The molecule has 1 saturated carbocycles. The standard InChI is InChI=1S/C21H27N3O3S/c1-3-14(2)23-21(27)18-12-24(16-6-4-5-7-16)11-17(19(18)25)20(26)22-10-15-8-9-28-13-15/h8-9,11-14,16H,3-7,10H2,1-2H3,(H,22,26)(H,23,27). The predicted octanol–water partition coefficient (Wildman–Crippen LogP) is 3.48. The summed E-state index contributed by atoms with van der Waals surface area (Å²) in [6, 6.07) is 2.11. The van der Waals surface area contributed by atoms with Gasteiger partial charge < -0.3 is 15.2 Å². The van der Waals surface area contributed by atoms with Crippen LogP contribution in [-0.2, 0) is 6.54 Å². The van der Waals surface area contributed by atoms with Crippen molar-refractivity contribution in [2.45, 2.75) is 64.6 Å². The number of nitrogens with zero attached hydrogens (tertiary/aromatic N) is 1. The fourth-order valence-electron chi connectivity index (χ4n) is 3.41. The van der Waals surface area contributed by atoms with Crippen LogP contribution in [0.15, 0.2) is 34.0 Å². The van der Waals surface area contributed by atoms with Gasteiger partial charge in [-0.15, -0.1) is 0 Å². The monoisotopic (exact) mass is 401 g/mol. The first kappa shape index (κ1) is 20.3. The molecule has 6 nitrogen and oxygen atoms in total. The molecular weight excluding hydrogens is 374 g/mol. The minimum atomic E-state index is -0.516. The molecule has 0 spiro atoms. The van der Waals surface area contributed by atoms with Gasteiger partial charge in [0.1, 0.15) is 11.1 Å². The summed E-state index contributed by atoms with van der Waals surface area (Å²) < 4.78 is 1.89. The molecule has 3 rings (SSSR count). The molecule has 1 aliphatic rings. The first-order valence-corrected chi connectivity index (χ1v) is 10.8. The number of pyridine rings is 1. The van der Waals surface area contributed by atoms with E-state index in [1.807, 2.05) is 35.2 Å². The highest BCUT2D eigenvalue weighted by atomic mass is 32.1. The van der Waals surface area contributed by atoms with E-state index in [9.17, 15) is 14.4 Å². The number of carbonyl (C=O) groups is 2. The van der Waals surface area contributed by atoms with E-state index in [1.165, 1.54) is 0 Å². The smallest absolute Gasteiger partial charge is 0.257 e. The maximum atomic E-state index is 12.9. The summed E-state index contributed by atoms with van der Waals surface area (Å²) in [4.78, 5) is 38.3. The molecule has 150 valence electrons. The molecule has 1 unspecified atom stereocenters. The minimum absolute atomic E-state index is 0.0268. The van der Waals surface area contributed by atoms with E-state index in [-0.39, 0.29) is 23.2 Å². The van der Waals surface area contributed by atoms with Crippen LogP contribution in [0.25, 0.3) is 0 Å². The van der Waals surface area contributed by atoms with Crippen LogP contribution in [0, 0.1) is 0 Å². The van der Waals surface area contributed by atoms with Gasteiger partial charge in [0, 0.05) is 31.0 Å². The summed E-state index contributed by atoms with van der Waals surface area (Å²) >= 11 is 1.55. The van der Waals surface area contributed by atoms with Crippen LogP contribution >= 0.6 is 11.3 Å². The Morgan fingerprint density at radius 3 is 2.50 bits per heavy atom. The van der Waals surface area contributed by atoms with Crippen LogP contribution in [0.4, 0.5) is 0 Å². The normalized spacial score (nSPS) is 15.4. The van der Waals surface area contributed by atoms with E-state index >= 15 is 0 Å². The number of carbonyl (C=O) groups excluding carboxylic acids is 2. The lowest BCUT2D eigenvalue weighted by Crippen LogP contribution is -2.38. The molecule has 0 saturated heterocycles. The van der Waals surface area contributed by atoms with Crippen molar-refractivity contribution in [2.75, 3.05) is 0 Å². The molecule has 7 heteroatoms. The third-order valence-corrected chi connectivity index (χ3v) is 6.04.